The number of rotatable bonds is 5. The Morgan fingerprint density at radius 1 is 1.11 bits per heavy atom. The molecular formula is C24H29ClN6O5. The van der Waals surface area contributed by atoms with Gasteiger partial charge in [0, 0.05) is 33.3 Å². The molecule has 2 aromatic carbocycles. The summed E-state index contributed by atoms with van der Waals surface area (Å²) in [7, 11) is 5.20. The van der Waals surface area contributed by atoms with Gasteiger partial charge in [-0.2, -0.15) is 4.98 Å². The third kappa shape index (κ3) is 6.03. The summed E-state index contributed by atoms with van der Waals surface area (Å²) in [5, 5.41) is 10.7. The van der Waals surface area contributed by atoms with Crippen LogP contribution in [0.4, 0.5) is 17.3 Å². The first kappa shape index (κ1) is 26.7. The third-order valence-corrected chi connectivity index (χ3v) is 6.21. The van der Waals surface area contributed by atoms with Gasteiger partial charge in [0.05, 0.1) is 4.92 Å². The maximum Gasteiger partial charge on any atom is 0.355 e. The minimum atomic E-state index is -0.590. The van der Waals surface area contributed by atoms with Gasteiger partial charge in [-0.3, -0.25) is 14.7 Å². The molecule has 0 radical (unpaired) electrons. The van der Waals surface area contributed by atoms with Crippen molar-refractivity contribution in [1.29, 1.82) is 0 Å². The minimum Gasteiger partial charge on any atom is -0.456 e. The fourth-order valence-electron chi connectivity index (χ4n) is 4.01. The number of hydrogen-bond acceptors (Lipinski definition) is 8. The van der Waals surface area contributed by atoms with Crippen LogP contribution in [-0.4, -0.2) is 33.1 Å². The van der Waals surface area contributed by atoms with Crippen LogP contribution in [0.3, 0.4) is 0 Å². The van der Waals surface area contributed by atoms with Crippen LogP contribution in [0.15, 0.2) is 52.1 Å². The summed E-state index contributed by atoms with van der Waals surface area (Å²) in [5.41, 5.74) is 4.57. The molecule has 0 saturated heterocycles. The van der Waals surface area contributed by atoms with Crippen LogP contribution < -0.4 is 26.7 Å². The Morgan fingerprint density at radius 3 is 2.33 bits per heavy atom. The molecular weight excluding hydrogens is 488 g/mol. The first-order chi connectivity index (χ1) is 17.1. The highest BCUT2D eigenvalue weighted by Crippen LogP contribution is 2.38. The van der Waals surface area contributed by atoms with E-state index in [4.69, 9.17) is 22.1 Å². The molecule has 0 bridgehead atoms. The highest BCUT2D eigenvalue weighted by molar-refractivity contribution is 6.35. The van der Waals surface area contributed by atoms with Gasteiger partial charge in [-0.15, -0.1) is 0 Å². The van der Waals surface area contributed by atoms with Gasteiger partial charge in [-0.1, -0.05) is 49.1 Å². The quantitative estimate of drug-likeness (QED) is 0.303. The summed E-state index contributed by atoms with van der Waals surface area (Å²) in [6.45, 7) is 0. The Hall–Kier alpha value is -3.86. The van der Waals surface area contributed by atoms with Gasteiger partial charge >= 0.3 is 11.4 Å². The molecule has 0 amide bonds. The molecule has 12 heteroatoms. The largest absolute Gasteiger partial charge is 0.456 e. The van der Waals surface area contributed by atoms with Gasteiger partial charge < -0.3 is 15.4 Å². The van der Waals surface area contributed by atoms with Gasteiger partial charge in [0.15, 0.2) is 0 Å². The molecule has 0 aliphatic heterocycles. The molecule has 1 saturated carbocycles. The van der Waals surface area contributed by atoms with Crippen molar-refractivity contribution in [3.05, 3.63) is 78.6 Å². The number of nitrogens with zero attached hydrogens (tertiary/aromatic N) is 5. The minimum absolute atomic E-state index is 0.0219. The van der Waals surface area contributed by atoms with E-state index in [0.29, 0.717) is 11.7 Å². The number of nitrogens with two attached hydrogens (primary N) is 1. The second-order valence-electron chi connectivity index (χ2n) is 8.57. The van der Waals surface area contributed by atoms with Crippen LogP contribution in [0.25, 0.3) is 0 Å². The lowest BCUT2D eigenvalue weighted by molar-refractivity contribution is -0.383. The summed E-state index contributed by atoms with van der Waals surface area (Å²) < 4.78 is 8.26. The van der Waals surface area contributed by atoms with E-state index in [1.54, 1.807) is 50.3 Å². The van der Waals surface area contributed by atoms with Crippen molar-refractivity contribution < 1.29 is 9.66 Å². The first-order valence-electron chi connectivity index (χ1n) is 11.4. The molecule has 1 aliphatic rings. The van der Waals surface area contributed by atoms with E-state index in [1.807, 2.05) is 6.07 Å². The molecule has 36 heavy (non-hydrogen) atoms. The van der Waals surface area contributed by atoms with Crippen molar-refractivity contribution in [2.45, 2.75) is 38.1 Å². The van der Waals surface area contributed by atoms with Gasteiger partial charge in [0.25, 0.3) is 5.69 Å². The molecule has 11 nitrogen and oxygen atoms in total. The van der Waals surface area contributed by atoms with Gasteiger partial charge in [-0.05, 0) is 31.0 Å². The summed E-state index contributed by atoms with van der Waals surface area (Å²) in [6, 6.07) is 11.6. The zero-order valence-electron chi connectivity index (χ0n) is 20.4. The first-order valence-corrected chi connectivity index (χ1v) is 11.8. The second kappa shape index (κ2) is 11.7. The Balaban J connectivity index is 0.000000201. The number of nitro benzene ring substituents is 1. The summed E-state index contributed by atoms with van der Waals surface area (Å²) >= 11 is 5.94. The number of ether oxygens (including phenoxy) is 1. The van der Waals surface area contributed by atoms with Crippen molar-refractivity contribution in [3.8, 4) is 11.5 Å². The molecule has 1 fully saturated rings. The molecule has 4 rings (SSSR count). The van der Waals surface area contributed by atoms with Crippen molar-refractivity contribution in [3.63, 3.8) is 0 Å². The van der Waals surface area contributed by atoms with Gasteiger partial charge in [0.1, 0.15) is 22.2 Å². The number of anilines is 2. The lowest BCUT2D eigenvalue weighted by Gasteiger charge is -2.24. The number of para-hydroxylation sites is 1. The van der Waals surface area contributed by atoms with Crippen molar-refractivity contribution in [2.75, 3.05) is 24.7 Å². The Kier molecular flexibility index (Phi) is 8.70. The van der Waals surface area contributed by atoms with E-state index >= 15 is 0 Å². The van der Waals surface area contributed by atoms with E-state index in [-0.39, 0.29) is 33.9 Å². The number of aromatic nitrogens is 3. The molecule has 192 valence electrons. The zero-order valence-corrected chi connectivity index (χ0v) is 21.1. The lowest BCUT2D eigenvalue weighted by atomic mass is 9.95. The molecule has 3 aromatic rings. The number of hydrogen-bond donors (Lipinski definition) is 1. The predicted molar refractivity (Wildman–Crippen MR) is 139 cm³/mol. The van der Waals surface area contributed by atoms with Gasteiger partial charge in [-0.25, -0.2) is 14.2 Å². The van der Waals surface area contributed by atoms with Crippen LogP contribution in [0.5, 0.6) is 11.5 Å². The Bertz CT molecular complexity index is 1330. The number of halogens is 1. The van der Waals surface area contributed by atoms with Crippen LogP contribution in [0.2, 0.25) is 5.02 Å². The molecule has 2 N–H and O–H groups in total. The maximum atomic E-state index is 12.3. The monoisotopic (exact) mass is 516 g/mol. The fraction of sp³-hybridized carbons (Fsp3) is 0.375. The third-order valence-electron chi connectivity index (χ3n) is 5.82. The average Bonchev–Trinajstić information content (AvgIpc) is 2.86. The topological polar surface area (TPSA) is 139 Å². The highest BCUT2D eigenvalue weighted by Gasteiger charge is 2.21. The molecule has 1 aliphatic carbocycles. The molecule has 1 aromatic heterocycles. The Morgan fingerprint density at radius 2 is 1.75 bits per heavy atom. The lowest BCUT2D eigenvalue weighted by Crippen LogP contribution is -2.45. The Labute approximate surface area is 212 Å². The standard InChI is InChI=1S/C12H9ClN2O3.C12H20N4O2/c13-11-10(18-8-4-2-1-3-5-8)7-6-9(12(11)14)15(16)17;1-14(2)10-13-11(17)16(12(18)15(10)3)9-7-5-4-6-8-9/h1-7H,14H2;9H,4-8H2,1-3H3. The van der Waals surface area contributed by atoms with E-state index in [2.05, 4.69) is 4.98 Å². The van der Waals surface area contributed by atoms with E-state index in [9.17, 15) is 19.7 Å². The van der Waals surface area contributed by atoms with Crippen LogP contribution in [0, 0.1) is 10.1 Å². The normalized spacial score (nSPS) is 13.4. The van der Waals surface area contributed by atoms with Crippen molar-refractivity contribution in [2.24, 2.45) is 7.05 Å². The maximum absolute atomic E-state index is 12.3. The smallest absolute Gasteiger partial charge is 0.355 e. The van der Waals surface area contributed by atoms with Crippen LogP contribution in [-0.2, 0) is 7.05 Å². The highest BCUT2D eigenvalue weighted by atomic mass is 35.5. The molecule has 0 unspecified atom stereocenters. The van der Waals surface area contributed by atoms with E-state index in [1.165, 1.54) is 27.7 Å². The summed E-state index contributed by atoms with van der Waals surface area (Å²) in [6.07, 6.45) is 5.15. The van der Waals surface area contributed by atoms with Crippen LogP contribution in [0.1, 0.15) is 38.1 Å². The van der Waals surface area contributed by atoms with Gasteiger partial charge in [0.2, 0.25) is 5.95 Å². The van der Waals surface area contributed by atoms with Crippen LogP contribution >= 0.6 is 11.6 Å². The molecule has 0 spiro atoms. The van der Waals surface area contributed by atoms with Crippen molar-refractivity contribution in [1.82, 2.24) is 14.1 Å². The molecule has 1 heterocycles. The van der Waals surface area contributed by atoms with Crippen molar-refractivity contribution >= 4 is 28.9 Å². The number of nitro groups is 1. The fourth-order valence-corrected chi connectivity index (χ4v) is 4.21. The number of nitrogen functional groups attached to an aromatic ring is 1. The van der Waals surface area contributed by atoms with E-state index < -0.39 is 10.6 Å². The SMILES string of the molecule is CN(C)c1nc(=O)n(C2CCCCC2)c(=O)n1C.Nc1c([N+](=O)[O-])ccc(Oc2ccccc2)c1Cl. The number of benzene rings is 2. The molecule has 0 atom stereocenters. The van der Waals surface area contributed by atoms with E-state index in [0.717, 1.165) is 25.7 Å². The summed E-state index contributed by atoms with van der Waals surface area (Å²) in [4.78, 5) is 40.1. The summed E-state index contributed by atoms with van der Waals surface area (Å²) in [5.74, 6) is 1.26. The average molecular weight is 517 g/mol. The zero-order chi connectivity index (χ0) is 26.4. The second-order valence-corrected chi connectivity index (χ2v) is 8.95. The predicted octanol–water partition coefficient (Wildman–Crippen LogP) is 4.14.